The average Bonchev–Trinajstić information content (AvgIpc) is 2.75. The van der Waals surface area contributed by atoms with E-state index in [2.05, 4.69) is 65.1 Å². The molecule has 0 atom stereocenters. The molecule has 1 aromatic heterocycles. The Morgan fingerprint density at radius 2 is 1.94 bits per heavy atom. The van der Waals surface area contributed by atoms with Crippen molar-refractivity contribution in [3.8, 4) is 0 Å². The molecular weight excluding hydrogens is 224 g/mol. The van der Waals surface area contributed by atoms with Crippen LogP contribution in [0, 0.1) is 6.92 Å². The molecule has 0 bridgehead atoms. The quantitative estimate of drug-likeness (QED) is 0.879. The Morgan fingerprint density at radius 3 is 2.61 bits per heavy atom. The molecule has 2 aromatic rings. The number of rotatable bonds is 5. The van der Waals surface area contributed by atoms with E-state index in [0.29, 0.717) is 0 Å². The van der Waals surface area contributed by atoms with Crippen molar-refractivity contribution in [3.63, 3.8) is 0 Å². The summed E-state index contributed by atoms with van der Waals surface area (Å²) in [4.78, 5) is 0. The lowest BCUT2D eigenvalue weighted by Gasteiger charge is -2.09. The maximum atomic E-state index is 4.29. The third-order valence-electron chi connectivity index (χ3n) is 3.09. The van der Waals surface area contributed by atoms with Gasteiger partial charge in [0.15, 0.2) is 0 Å². The fourth-order valence-corrected chi connectivity index (χ4v) is 2.07. The van der Waals surface area contributed by atoms with E-state index in [0.717, 1.165) is 31.3 Å². The van der Waals surface area contributed by atoms with Gasteiger partial charge < -0.3 is 5.32 Å². The molecule has 0 fully saturated rings. The molecule has 2 rings (SSSR count). The molecular formula is C14H20N4. The number of nitrogens with one attached hydrogen (secondary N) is 1. The summed E-state index contributed by atoms with van der Waals surface area (Å²) in [5, 5.41) is 11.7. The molecule has 0 unspecified atom stereocenters. The van der Waals surface area contributed by atoms with Gasteiger partial charge in [0, 0.05) is 19.5 Å². The van der Waals surface area contributed by atoms with Crippen LogP contribution in [-0.4, -0.2) is 21.3 Å². The van der Waals surface area contributed by atoms with Crippen molar-refractivity contribution in [2.75, 3.05) is 11.9 Å². The number of benzene rings is 1. The minimum absolute atomic E-state index is 0.832. The van der Waals surface area contributed by atoms with Crippen LogP contribution in [0.3, 0.4) is 0 Å². The third kappa shape index (κ3) is 2.53. The molecule has 0 radical (unpaired) electrons. The molecule has 0 aliphatic carbocycles. The second-order valence-electron chi connectivity index (χ2n) is 4.32. The minimum Gasteiger partial charge on any atom is -0.355 e. The molecule has 4 nitrogen and oxygen atoms in total. The molecule has 0 spiro atoms. The van der Waals surface area contributed by atoms with Gasteiger partial charge in [-0.05, 0) is 31.9 Å². The lowest BCUT2D eigenvalue weighted by molar-refractivity contribution is 0.715. The van der Waals surface area contributed by atoms with Crippen LogP contribution in [0.5, 0.6) is 0 Å². The summed E-state index contributed by atoms with van der Waals surface area (Å²) in [6.07, 6.45) is 0.832. The monoisotopic (exact) mass is 244 g/mol. The predicted molar refractivity (Wildman–Crippen MR) is 73.8 cm³/mol. The van der Waals surface area contributed by atoms with Crippen molar-refractivity contribution in [2.24, 2.45) is 0 Å². The number of hydrogen-bond acceptors (Lipinski definition) is 3. The maximum Gasteiger partial charge on any atom is 0.224 e. The summed E-state index contributed by atoms with van der Waals surface area (Å²) in [6, 6.07) is 8.41. The van der Waals surface area contributed by atoms with Crippen LogP contribution in [0.1, 0.15) is 30.8 Å². The fraction of sp³-hybridized carbons (Fsp3) is 0.429. The first kappa shape index (κ1) is 12.6. The van der Waals surface area contributed by atoms with Gasteiger partial charge in [0.2, 0.25) is 5.95 Å². The predicted octanol–water partition coefficient (Wildman–Crippen LogP) is 2.63. The highest BCUT2D eigenvalue weighted by Crippen LogP contribution is 2.15. The van der Waals surface area contributed by atoms with Crippen molar-refractivity contribution >= 4 is 5.95 Å². The van der Waals surface area contributed by atoms with Crippen LogP contribution in [-0.2, 0) is 13.0 Å². The van der Waals surface area contributed by atoms with Crippen LogP contribution >= 0.6 is 0 Å². The lowest BCUT2D eigenvalue weighted by Crippen LogP contribution is -2.09. The highest BCUT2D eigenvalue weighted by Gasteiger charge is 2.11. The van der Waals surface area contributed by atoms with Crippen LogP contribution < -0.4 is 5.32 Å². The summed E-state index contributed by atoms with van der Waals surface area (Å²) < 4.78 is 2.13. The fourth-order valence-electron chi connectivity index (χ4n) is 2.07. The van der Waals surface area contributed by atoms with Gasteiger partial charge >= 0.3 is 0 Å². The summed E-state index contributed by atoms with van der Waals surface area (Å²) in [6.45, 7) is 8.06. The van der Waals surface area contributed by atoms with E-state index < -0.39 is 0 Å². The summed E-state index contributed by atoms with van der Waals surface area (Å²) >= 11 is 0. The summed E-state index contributed by atoms with van der Waals surface area (Å²) in [5.41, 5.74) is 2.61. The van der Waals surface area contributed by atoms with Crippen molar-refractivity contribution in [1.29, 1.82) is 0 Å². The van der Waals surface area contributed by atoms with E-state index in [1.807, 2.05) is 0 Å². The topological polar surface area (TPSA) is 42.7 Å². The zero-order chi connectivity index (χ0) is 13.0. The first-order valence-electron chi connectivity index (χ1n) is 6.46. The minimum atomic E-state index is 0.832. The van der Waals surface area contributed by atoms with Crippen molar-refractivity contribution < 1.29 is 0 Å². The van der Waals surface area contributed by atoms with Gasteiger partial charge in [0.1, 0.15) is 5.82 Å². The lowest BCUT2D eigenvalue weighted by atomic mass is 10.1. The molecule has 1 N–H and O–H groups in total. The second kappa shape index (κ2) is 5.67. The zero-order valence-corrected chi connectivity index (χ0v) is 11.3. The number of nitrogens with zero attached hydrogens (tertiary/aromatic N) is 3. The Kier molecular flexibility index (Phi) is 3.97. The number of hydrogen-bond donors (Lipinski definition) is 1. The van der Waals surface area contributed by atoms with Gasteiger partial charge in [-0.3, -0.25) is 4.57 Å². The average molecular weight is 244 g/mol. The Morgan fingerprint density at radius 1 is 1.17 bits per heavy atom. The van der Waals surface area contributed by atoms with Gasteiger partial charge in [-0.2, -0.15) is 0 Å². The molecule has 0 saturated carbocycles. The molecule has 0 aliphatic rings. The first-order valence-corrected chi connectivity index (χ1v) is 6.46. The molecule has 96 valence electrons. The maximum absolute atomic E-state index is 4.29. The highest BCUT2D eigenvalue weighted by molar-refractivity contribution is 5.31. The number of aromatic nitrogens is 3. The largest absolute Gasteiger partial charge is 0.355 e. The van der Waals surface area contributed by atoms with Crippen LogP contribution in [0.25, 0.3) is 0 Å². The van der Waals surface area contributed by atoms with E-state index in [1.54, 1.807) is 0 Å². The van der Waals surface area contributed by atoms with Crippen molar-refractivity contribution in [2.45, 2.75) is 33.7 Å². The SMILES string of the molecule is CCNc1nnc(Cc2ccccc2C)n1CC. The molecule has 1 heterocycles. The van der Waals surface area contributed by atoms with Crippen molar-refractivity contribution in [1.82, 2.24) is 14.8 Å². The van der Waals surface area contributed by atoms with Crippen LogP contribution in [0.4, 0.5) is 5.95 Å². The van der Waals surface area contributed by atoms with Gasteiger partial charge in [-0.1, -0.05) is 24.3 Å². The zero-order valence-electron chi connectivity index (χ0n) is 11.3. The van der Waals surface area contributed by atoms with E-state index in [9.17, 15) is 0 Å². The molecule has 0 saturated heterocycles. The summed E-state index contributed by atoms with van der Waals surface area (Å²) in [5.74, 6) is 1.88. The van der Waals surface area contributed by atoms with E-state index in [4.69, 9.17) is 0 Å². The van der Waals surface area contributed by atoms with Gasteiger partial charge in [-0.15, -0.1) is 10.2 Å². The van der Waals surface area contributed by atoms with E-state index >= 15 is 0 Å². The van der Waals surface area contributed by atoms with Crippen LogP contribution in [0.15, 0.2) is 24.3 Å². The standard InChI is InChI=1S/C14H20N4/c1-4-15-14-17-16-13(18(14)5-2)10-12-9-7-6-8-11(12)3/h6-9H,4-5,10H2,1-3H3,(H,15,17). The smallest absolute Gasteiger partial charge is 0.224 e. The molecule has 0 amide bonds. The van der Waals surface area contributed by atoms with Gasteiger partial charge in [0.05, 0.1) is 0 Å². The Labute approximate surface area is 108 Å². The third-order valence-corrected chi connectivity index (χ3v) is 3.09. The summed E-state index contributed by atoms with van der Waals surface area (Å²) in [7, 11) is 0. The molecule has 1 aromatic carbocycles. The Bertz CT molecular complexity index is 516. The first-order chi connectivity index (χ1) is 8.76. The number of aryl methyl sites for hydroxylation is 1. The Hall–Kier alpha value is -1.84. The van der Waals surface area contributed by atoms with Gasteiger partial charge in [0.25, 0.3) is 0 Å². The van der Waals surface area contributed by atoms with E-state index in [1.165, 1.54) is 11.1 Å². The van der Waals surface area contributed by atoms with Gasteiger partial charge in [-0.25, -0.2) is 0 Å². The molecule has 4 heteroatoms. The second-order valence-corrected chi connectivity index (χ2v) is 4.32. The molecule has 0 aliphatic heterocycles. The Balaban J connectivity index is 2.27. The molecule has 18 heavy (non-hydrogen) atoms. The number of anilines is 1. The van der Waals surface area contributed by atoms with E-state index in [-0.39, 0.29) is 0 Å². The van der Waals surface area contributed by atoms with Crippen LogP contribution in [0.2, 0.25) is 0 Å². The highest BCUT2D eigenvalue weighted by atomic mass is 15.3. The van der Waals surface area contributed by atoms with Crippen molar-refractivity contribution in [3.05, 3.63) is 41.2 Å². The normalized spacial score (nSPS) is 10.6.